The highest BCUT2D eigenvalue weighted by molar-refractivity contribution is 4.99. The van der Waals surface area contributed by atoms with E-state index >= 15 is 0 Å². The molecule has 1 saturated heterocycles. The second kappa shape index (κ2) is 5.34. The molecule has 2 aliphatic carbocycles. The molecule has 3 heteroatoms. The van der Waals surface area contributed by atoms with Crippen molar-refractivity contribution < 1.29 is 4.74 Å². The minimum absolute atomic E-state index is 0.504. The van der Waals surface area contributed by atoms with Crippen molar-refractivity contribution in [1.29, 1.82) is 0 Å². The fourth-order valence-corrected chi connectivity index (χ4v) is 4.60. The summed E-state index contributed by atoms with van der Waals surface area (Å²) in [7, 11) is 2.14. The number of rotatable bonds is 2. The largest absolute Gasteiger partial charge is 0.375 e. The molecule has 1 aliphatic heterocycles. The second-order valence-corrected chi connectivity index (χ2v) is 7.51. The summed E-state index contributed by atoms with van der Waals surface area (Å²) >= 11 is 0. The number of fused-ring (bicyclic) bond motifs is 1. The molecule has 19 heavy (non-hydrogen) atoms. The molecule has 1 heterocycles. The molecule has 0 radical (unpaired) electrons. The smallest absolute Gasteiger partial charge is 0.0731 e. The number of likely N-dealkylation sites (N-methyl/N-ethyl adjacent to an activating group) is 1. The number of morpholine rings is 1. The lowest BCUT2D eigenvalue weighted by Crippen LogP contribution is -2.61. The van der Waals surface area contributed by atoms with E-state index in [1.807, 2.05) is 0 Å². The van der Waals surface area contributed by atoms with Gasteiger partial charge in [-0.3, -0.25) is 4.90 Å². The normalized spacial score (nSPS) is 43.1. The van der Waals surface area contributed by atoms with Gasteiger partial charge in [0.15, 0.2) is 0 Å². The highest BCUT2D eigenvalue weighted by atomic mass is 16.5. The maximum absolute atomic E-state index is 5.98. The summed E-state index contributed by atoms with van der Waals surface area (Å²) in [5.74, 6) is 0. The van der Waals surface area contributed by atoms with Gasteiger partial charge in [-0.15, -0.1) is 0 Å². The third kappa shape index (κ3) is 2.70. The van der Waals surface area contributed by atoms with Crippen molar-refractivity contribution in [1.82, 2.24) is 10.2 Å². The van der Waals surface area contributed by atoms with E-state index in [9.17, 15) is 0 Å². The van der Waals surface area contributed by atoms with Gasteiger partial charge in [0.25, 0.3) is 0 Å². The van der Waals surface area contributed by atoms with Crippen LogP contribution >= 0.6 is 0 Å². The van der Waals surface area contributed by atoms with Gasteiger partial charge in [-0.05, 0) is 51.0 Å². The summed E-state index contributed by atoms with van der Waals surface area (Å²) in [5, 5.41) is 3.59. The van der Waals surface area contributed by atoms with Crippen LogP contribution in [0.4, 0.5) is 0 Å². The van der Waals surface area contributed by atoms with Crippen LogP contribution in [0.3, 0.4) is 0 Å². The van der Waals surface area contributed by atoms with E-state index in [1.165, 1.54) is 38.5 Å². The highest BCUT2D eigenvalue weighted by Crippen LogP contribution is 2.41. The Morgan fingerprint density at radius 2 is 2.00 bits per heavy atom. The fourth-order valence-electron chi connectivity index (χ4n) is 4.60. The monoisotopic (exact) mass is 266 g/mol. The summed E-state index contributed by atoms with van der Waals surface area (Å²) in [6.07, 6.45) is 8.51. The van der Waals surface area contributed by atoms with Gasteiger partial charge in [-0.1, -0.05) is 13.8 Å². The standard InChI is InChI=1S/C16H30N2O/c1-16(2)8-7-12(17-3)14(11-16)18-9-10-19-15-6-4-5-13(15)18/h12-15,17H,4-11H2,1-3H3. The Bertz CT molecular complexity index is 318. The number of ether oxygens (including phenoxy) is 1. The molecule has 0 amide bonds. The van der Waals surface area contributed by atoms with E-state index in [1.54, 1.807) is 0 Å². The van der Waals surface area contributed by atoms with Crippen molar-refractivity contribution >= 4 is 0 Å². The zero-order chi connectivity index (χ0) is 13.5. The minimum atomic E-state index is 0.504. The van der Waals surface area contributed by atoms with Crippen LogP contribution in [0.5, 0.6) is 0 Å². The highest BCUT2D eigenvalue weighted by Gasteiger charge is 2.44. The zero-order valence-electron chi connectivity index (χ0n) is 12.8. The van der Waals surface area contributed by atoms with Gasteiger partial charge in [-0.25, -0.2) is 0 Å². The first-order valence-corrected chi connectivity index (χ1v) is 8.15. The quantitative estimate of drug-likeness (QED) is 0.830. The van der Waals surface area contributed by atoms with Crippen LogP contribution in [0, 0.1) is 5.41 Å². The molecular formula is C16H30N2O. The molecule has 0 aromatic rings. The third-order valence-electron chi connectivity index (χ3n) is 5.68. The topological polar surface area (TPSA) is 24.5 Å². The summed E-state index contributed by atoms with van der Waals surface area (Å²) in [6, 6.07) is 2.08. The van der Waals surface area contributed by atoms with Gasteiger partial charge in [0.1, 0.15) is 0 Å². The Morgan fingerprint density at radius 1 is 1.16 bits per heavy atom. The molecule has 4 atom stereocenters. The van der Waals surface area contributed by atoms with Crippen molar-refractivity contribution in [3.63, 3.8) is 0 Å². The fraction of sp³-hybridized carbons (Fsp3) is 1.00. The number of nitrogens with zero attached hydrogens (tertiary/aromatic N) is 1. The van der Waals surface area contributed by atoms with Gasteiger partial charge < -0.3 is 10.1 Å². The molecule has 0 aromatic carbocycles. The van der Waals surface area contributed by atoms with Crippen LogP contribution in [0.15, 0.2) is 0 Å². The lowest BCUT2D eigenvalue weighted by atomic mass is 9.72. The van der Waals surface area contributed by atoms with Crippen molar-refractivity contribution in [2.24, 2.45) is 5.41 Å². The first-order valence-electron chi connectivity index (χ1n) is 8.15. The Morgan fingerprint density at radius 3 is 2.79 bits per heavy atom. The zero-order valence-corrected chi connectivity index (χ0v) is 12.8. The molecule has 3 rings (SSSR count). The maximum Gasteiger partial charge on any atom is 0.0731 e. The molecule has 3 aliphatic rings. The number of hydrogen-bond acceptors (Lipinski definition) is 3. The van der Waals surface area contributed by atoms with Crippen LogP contribution in [-0.2, 0) is 4.74 Å². The minimum Gasteiger partial charge on any atom is -0.375 e. The molecule has 2 saturated carbocycles. The van der Waals surface area contributed by atoms with Gasteiger partial charge in [0.2, 0.25) is 0 Å². The van der Waals surface area contributed by atoms with Crippen molar-refractivity contribution in [2.75, 3.05) is 20.2 Å². The third-order valence-corrected chi connectivity index (χ3v) is 5.68. The van der Waals surface area contributed by atoms with Gasteiger partial charge in [0, 0.05) is 24.7 Å². The maximum atomic E-state index is 5.98. The van der Waals surface area contributed by atoms with Gasteiger partial charge in [0.05, 0.1) is 12.7 Å². The van der Waals surface area contributed by atoms with E-state index in [0.29, 0.717) is 29.6 Å². The average molecular weight is 266 g/mol. The van der Waals surface area contributed by atoms with Crippen molar-refractivity contribution in [3.05, 3.63) is 0 Å². The van der Waals surface area contributed by atoms with E-state index in [-0.39, 0.29) is 0 Å². The van der Waals surface area contributed by atoms with Crippen LogP contribution in [-0.4, -0.2) is 49.3 Å². The summed E-state index contributed by atoms with van der Waals surface area (Å²) < 4.78 is 5.98. The van der Waals surface area contributed by atoms with E-state index in [0.717, 1.165) is 13.2 Å². The molecule has 3 nitrogen and oxygen atoms in total. The first-order chi connectivity index (χ1) is 9.11. The van der Waals surface area contributed by atoms with Crippen molar-refractivity contribution in [3.8, 4) is 0 Å². The number of nitrogens with one attached hydrogen (secondary N) is 1. The molecule has 0 bridgehead atoms. The SMILES string of the molecule is CNC1CCC(C)(C)CC1N1CCOC2CCCC21. The summed E-state index contributed by atoms with van der Waals surface area (Å²) in [6.45, 7) is 6.96. The Kier molecular flexibility index (Phi) is 3.89. The molecule has 1 N–H and O–H groups in total. The molecular weight excluding hydrogens is 236 g/mol. The molecule has 0 aromatic heterocycles. The Balaban J connectivity index is 1.77. The lowest BCUT2D eigenvalue weighted by molar-refractivity contribution is -0.0890. The summed E-state index contributed by atoms with van der Waals surface area (Å²) in [4.78, 5) is 2.81. The van der Waals surface area contributed by atoms with Gasteiger partial charge in [-0.2, -0.15) is 0 Å². The summed E-state index contributed by atoms with van der Waals surface area (Å²) in [5.41, 5.74) is 0.504. The van der Waals surface area contributed by atoms with E-state index in [2.05, 4.69) is 31.1 Å². The lowest BCUT2D eigenvalue weighted by Gasteiger charge is -2.50. The Labute approximate surface area is 118 Å². The number of hydrogen-bond donors (Lipinski definition) is 1. The predicted molar refractivity (Wildman–Crippen MR) is 78.4 cm³/mol. The van der Waals surface area contributed by atoms with Gasteiger partial charge >= 0.3 is 0 Å². The van der Waals surface area contributed by atoms with Crippen LogP contribution in [0.2, 0.25) is 0 Å². The predicted octanol–water partition coefficient (Wildman–Crippen LogP) is 2.41. The first kappa shape index (κ1) is 13.8. The van der Waals surface area contributed by atoms with E-state index < -0.39 is 0 Å². The molecule has 4 unspecified atom stereocenters. The van der Waals surface area contributed by atoms with Crippen LogP contribution < -0.4 is 5.32 Å². The Hall–Kier alpha value is -0.120. The molecule has 3 fully saturated rings. The molecule has 0 spiro atoms. The molecule has 110 valence electrons. The van der Waals surface area contributed by atoms with E-state index in [4.69, 9.17) is 4.74 Å². The van der Waals surface area contributed by atoms with Crippen LogP contribution in [0.25, 0.3) is 0 Å². The van der Waals surface area contributed by atoms with Crippen LogP contribution in [0.1, 0.15) is 52.4 Å². The second-order valence-electron chi connectivity index (χ2n) is 7.51. The average Bonchev–Trinajstić information content (AvgIpc) is 2.85. The van der Waals surface area contributed by atoms with Crippen molar-refractivity contribution in [2.45, 2.75) is 76.6 Å².